The number of fused-ring (bicyclic) bond motifs is 1. The van der Waals surface area contributed by atoms with Gasteiger partial charge in [-0.25, -0.2) is 8.42 Å². The molecule has 4 nitrogen and oxygen atoms in total. The van der Waals surface area contributed by atoms with Gasteiger partial charge in [-0.3, -0.25) is 0 Å². The third kappa shape index (κ3) is 2.61. The van der Waals surface area contributed by atoms with Crippen molar-refractivity contribution in [2.75, 3.05) is 13.6 Å². The molecule has 1 aromatic heterocycles. The van der Waals surface area contributed by atoms with E-state index >= 15 is 0 Å². The Bertz CT molecular complexity index is 748. The molecule has 0 unspecified atom stereocenters. The predicted molar refractivity (Wildman–Crippen MR) is 87.2 cm³/mol. The van der Waals surface area contributed by atoms with Gasteiger partial charge < -0.3 is 5.32 Å². The highest BCUT2D eigenvalue weighted by atomic mass is 32.2. The monoisotopic (exact) mass is 324 g/mol. The quantitative estimate of drug-likeness (QED) is 0.889. The molecule has 0 aliphatic heterocycles. The summed E-state index contributed by atoms with van der Waals surface area (Å²) in [6.45, 7) is 3.04. The number of hydrogen-bond acceptors (Lipinski definition) is 4. The maximum atomic E-state index is 13.1. The van der Waals surface area contributed by atoms with E-state index in [2.05, 4.69) is 5.32 Å². The first kappa shape index (κ1) is 15.0. The lowest BCUT2D eigenvalue weighted by Gasteiger charge is -2.20. The van der Waals surface area contributed by atoms with Crippen LogP contribution < -0.4 is 5.32 Å². The van der Waals surface area contributed by atoms with E-state index < -0.39 is 10.0 Å². The Morgan fingerprint density at radius 1 is 1.33 bits per heavy atom. The Morgan fingerprint density at radius 3 is 2.67 bits per heavy atom. The molecule has 0 atom stereocenters. The predicted octanol–water partition coefficient (Wildman–Crippen LogP) is 2.79. The van der Waals surface area contributed by atoms with E-state index in [1.165, 1.54) is 0 Å². The summed E-state index contributed by atoms with van der Waals surface area (Å²) >= 11 is 1.57. The summed E-state index contributed by atoms with van der Waals surface area (Å²) in [5, 5.41) is 3.94. The summed E-state index contributed by atoms with van der Waals surface area (Å²) in [4.78, 5) is 1.41. The van der Waals surface area contributed by atoms with Crippen LogP contribution >= 0.6 is 11.3 Å². The lowest BCUT2D eigenvalue weighted by Crippen LogP contribution is -2.33. The lowest BCUT2D eigenvalue weighted by atomic mass is 10.2. The maximum Gasteiger partial charge on any atom is 0.245 e. The average molecular weight is 324 g/mol. The van der Waals surface area contributed by atoms with E-state index in [1.54, 1.807) is 15.6 Å². The highest BCUT2D eigenvalue weighted by Crippen LogP contribution is 2.39. The van der Waals surface area contributed by atoms with E-state index in [-0.39, 0.29) is 6.04 Å². The molecule has 0 spiro atoms. The van der Waals surface area contributed by atoms with Gasteiger partial charge in [-0.05, 0) is 26.0 Å². The van der Waals surface area contributed by atoms with Crippen molar-refractivity contribution in [3.63, 3.8) is 0 Å². The standard InChI is InChI=1S/C15H20N2O2S2/c1-3-17(11-8-9-11)21(18,19)15-12-6-4-5-7-13(12)20-14(15)10-16-2/h4-7,11,16H,3,8-10H2,1-2H3. The Balaban J connectivity index is 2.19. The first-order valence-corrected chi connectivity index (χ1v) is 9.52. The fourth-order valence-electron chi connectivity index (χ4n) is 2.74. The number of benzene rings is 1. The van der Waals surface area contributed by atoms with E-state index in [1.807, 2.05) is 38.2 Å². The third-order valence-corrected chi connectivity index (χ3v) is 7.24. The SMILES string of the molecule is CCN(C1CC1)S(=O)(=O)c1c(CNC)sc2ccccc12. The fourth-order valence-corrected chi connectivity index (χ4v) is 6.35. The van der Waals surface area contributed by atoms with E-state index in [4.69, 9.17) is 0 Å². The molecule has 1 aliphatic rings. The topological polar surface area (TPSA) is 49.4 Å². The minimum atomic E-state index is -3.42. The molecule has 1 saturated carbocycles. The van der Waals surface area contributed by atoms with Crippen LogP contribution in [0.15, 0.2) is 29.2 Å². The molecule has 2 aromatic rings. The lowest BCUT2D eigenvalue weighted by molar-refractivity contribution is 0.421. The molecule has 1 aromatic carbocycles. The zero-order chi connectivity index (χ0) is 15.0. The van der Waals surface area contributed by atoms with Gasteiger partial charge in [0.25, 0.3) is 0 Å². The average Bonchev–Trinajstić information content (AvgIpc) is 3.19. The summed E-state index contributed by atoms with van der Waals surface area (Å²) in [5.41, 5.74) is 0. The molecule has 21 heavy (non-hydrogen) atoms. The van der Waals surface area contributed by atoms with Gasteiger partial charge in [-0.2, -0.15) is 4.31 Å². The molecule has 0 bridgehead atoms. The van der Waals surface area contributed by atoms with Crippen LogP contribution in [0.4, 0.5) is 0 Å². The third-order valence-electron chi connectivity index (χ3n) is 3.79. The number of rotatable bonds is 6. The molecule has 6 heteroatoms. The van der Waals surface area contributed by atoms with Crippen LogP contribution in [0.25, 0.3) is 10.1 Å². The Hall–Kier alpha value is -0.950. The van der Waals surface area contributed by atoms with Gasteiger partial charge in [0.1, 0.15) is 4.90 Å². The normalized spacial score (nSPS) is 16.0. The van der Waals surface area contributed by atoms with E-state index in [9.17, 15) is 8.42 Å². The van der Waals surface area contributed by atoms with Crippen molar-refractivity contribution in [3.8, 4) is 0 Å². The smallest absolute Gasteiger partial charge is 0.245 e. The molecule has 0 saturated heterocycles. The van der Waals surface area contributed by atoms with Gasteiger partial charge in [-0.1, -0.05) is 25.1 Å². The van der Waals surface area contributed by atoms with Crippen molar-refractivity contribution >= 4 is 31.4 Å². The number of nitrogens with one attached hydrogen (secondary N) is 1. The Labute approximate surface area is 129 Å². The summed E-state index contributed by atoms with van der Waals surface area (Å²) in [5.74, 6) is 0. The van der Waals surface area contributed by atoms with Crippen LogP contribution in [0.5, 0.6) is 0 Å². The van der Waals surface area contributed by atoms with Crippen LogP contribution in [0.2, 0.25) is 0 Å². The van der Waals surface area contributed by atoms with Gasteiger partial charge in [-0.15, -0.1) is 11.3 Å². The molecular weight excluding hydrogens is 304 g/mol. The molecule has 1 fully saturated rings. The zero-order valence-electron chi connectivity index (χ0n) is 12.3. The number of hydrogen-bond donors (Lipinski definition) is 1. The Kier molecular flexibility index (Phi) is 4.05. The highest BCUT2D eigenvalue weighted by Gasteiger charge is 2.39. The van der Waals surface area contributed by atoms with Crippen LogP contribution in [-0.4, -0.2) is 32.4 Å². The number of nitrogens with zero attached hydrogens (tertiary/aromatic N) is 1. The first-order chi connectivity index (χ1) is 10.1. The van der Waals surface area contributed by atoms with Gasteiger partial charge >= 0.3 is 0 Å². The second-order valence-electron chi connectivity index (χ2n) is 5.32. The molecule has 0 radical (unpaired) electrons. The zero-order valence-corrected chi connectivity index (χ0v) is 13.9. The number of thiophene rings is 1. The maximum absolute atomic E-state index is 13.1. The van der Waals surface area contributed by atoms with Crippen molar-refractivity contribution in [2.24, 2.45) is 0 Å². The second kappa shape index (κ2) is 5.68. The molecule has 1 N–H and O–H groups in total. The summed E-state index contributed by atoms with van der Waals surface area (Å²) in [6.07, 6.45) is 1.97. The van der Waals surface area contributed by atoms with Crippen molar-refractivity contribution in [1.82, 2.24) is 9.62 Å². The van der Waals surface area contributed by atoms with Gasteiger partial charge in [0.2, 0.25) is 10.0 Å². The summed E-state index contributed by atoms with van der Waals surface area (Å²) in [6, 6.07) is 7.97. The van der Waals surface area contributed by atoms with Crippen LogP contribution in [0.1, 0.15) is 24.6 Å². The van der Waals surface area contributed by atoms with Gasteiger partial charge in [0.05, 0.1) is 0 Å². The van der Waals surface area contributed by atoms with Crippen molar-refractivity contribution in [1.29, 1.82) is 0 Å². The van der Waals surface area contributed by atoms with Crippen LogP contribution in [0.3, 0.4) is 0 Å². The van der Waals surface area contributed by atoms with E-state index in [0.29, 0.717) is 18.0 Å². The molecule has 3 rings (SSSR count). The summed E-state index contributed by atoms with van der Waals surface area (Å²) in [7, 11) is -1.57. The van der Waals surface area contributed by atoms with Gasteiger partial charge in [0, 0.05) is 34.1 Å². The fraction of sp³-hybridized carbons (Fsp3) is 0.467. The van der Waals surface area contributed by atoms with Crippen LogP contribution in [0, 0.1) is 0 Å². The highest BCUT2D eigenvalue weighted by molar-refractivity contribution is 7.89. The van der Waals surface area contributed by atoms with Crippen molar-refractivity contribution in [3.05, 3.63) is 29.1 Å². The van der Waals surface area contributed by atoms with Crippen molar-refractivity contribution in [2.45, 2.75) is 37.2 Å². The van der Waals surface area contributed by atoms with E-state index in [0.717, 1.165) is 27.8 Å². The molecular formula is C15H20N2O2S2. The molecule has 0 amide bonds. The first-order valence-electron chi connectivity index (χ1n) is 7.26. The molecule has 1 heterocycles. The second-order valence-corrected chi connectivity index (χ2v) is 8.28. The summed E-state index contributed by atoms with van der Waals surface area (Å²) < 4.78 is 28.9. The van der Waals surface area contributed by atoms with Gasteiger partial charge in [0.15, 0.2) is 0 Å². The number of sulfonamides is 1. The minimum absolute atomic E-state index is 0.195. The largest absolute Gasteiger partial charge is 0.315 e. The van der Waals surface area contributed by atoms with Crippen LogP contribution in [-0.2, 0) is 16.6 Å². The molecule has 1 aliphatic carbocycles. The molecule has 114 valence electrons. The van der Waals surface area contributed by atoms with Crippen molar-refractivity contribution < 1.29 is 8.42 Å². The minimum Gasteiger partial charge on any atom is -0.315 e. The Morgan fingerprint density at radius 2 is 2.05 bits per heavy atom.